The molecule has 0 fully saturated rings. The van der Waals surface area contributed by atoms with Gasteiger partial charge in [-0.1, -0.05) is 12.1 Å². The first kappa shape index (κ1) is 14.2. The summed E-state index contributed by atoms with van der Waals surface area (Å²) in [5.41, 5.74) is 2.31. The average Bonchev–Trinajstić information content (AvgIpc) is 2.44. The van der Waals surface area contributed by atoms with Gasteiger partial charge in [0.05, 0.1) is 6.61 Å². The van der Waals surface area contributed by atoms with Crippen LogP contribution in [-0.4, -0.2) is 11.7 Å². The first-order valence-electron chi connectivity index (χ1n) is 6.55. The molecule has 106 valence electrons. The summed E-state index contributed by atoms with van der Waals surface area (Å²) < 4.78 is 18.8. The molecule has 2 rings (SSSR count). The van der Waals surface area contributed by atoms with E-state index in [9.17, 15) is 9.50 Å². The van der Waals surface area contributed by atoms with Gasteiger partial charge < -0.3 is 15.2 Å². The molecule has 0 aliphatic heterocycles. The van der Waals surface area contributed by atoms with Crippen molar-refractivity contribution in [1.82, 2.24) is 0 Å². The van der Waals surface area contributed by atoms with Crippen molar-refractivity contribution in [1.29, 1.82) is 0 Å². The number of aromatic hydroxyl groups is 1. The van der Waals surface area contributed by atoms with E-state index in [0.29, 0.717) is 24.5 Å². The summed E-state index contributed by atoms with van der Waals surface area (Å²) in [6.07, 6.45) is 0. The monoisotopic (exact) mass is 275 g/mol. The Kier molecular flexibility index (Phi) is 4.45. The third kappa shape index (κ3) is 3.20. The molecule has 0 saturated heterocycles. The van der Waals surface area contributed by atoms with Crippen LogP contribution in [0, 0.1) is 12.7 Å². The number of ether oxygens (including phenoxy) is 1. The lowest BCUT2D eigenvalue weighted by Crippen LogP contribution is -2.02. The summed E-state index contributed by atoms with van der Waals surface area (Å²) >= 11 is 0. The van der Waals surface area contributed by atoms with Gasteiger partial charge in [0.25, 0.3) is 0 Å². The Morgan fingerprint density at radius 1 is 1.25 bits per heavy atom. The van der Waals surface area contributed by atoms with Crippen LogP contribution in [-0.2, 0) is 6.54 Å². The predicted molar refractivity (Wildman–Crippen MR) is 77.7 cm³/mol. The molecule has 2 aromatic carbocycles. The van der Waals surface area contributed by atoms with Gasteiger partial charge in [0, 0.05) is 17.8 Å². The van der Waals surface area contributed by atoms with Gasteiger partial charge in [-0.2, -0.15) is 0 Å². The van der Waals surface area contributed by atoms with E-state index in [1.165, 1.54) is 6.07 Å². The van der Waals surface area contributed by atoms with Gasteiger partial charge in [0.15, 0.2) is 11.5 Å². The number of hydrogen-bond acceptors (Lipinski definition) is 3. The maximum atomic E-state index is 13.4. The molecule has 0 spiro atoms. The van der Waals surface area contributed by atoms with Crippen molar-refractivity contribution >= 4 is 5.69 Å². The summed E-state index contributed by atoms with van der Waals surface area (Å²) in [6, 6.07) is 10.1. The van der Waals surface area contributed by atoms with Crippen LogP contribution in [0.1, 0.15) is 18.1 Å². The van der Waals surface area contributed by atoms with E-state index in [0.717, 1.165) is 11.3 Å². The van der Waals surface area contributed by atoms with Crippen LogP contribution in [0.15, 0.2) is 36.4 Å². The topological polar surface area (TPSA) is 41.5 Å². The minimum atomic E-state index is -0.226. The number of phenolic OH excluding ortho intramolecular Hbond substituents is 1. The highest BCUT2D eigenvalue weighted by Gasteiger charge is 2.05. The Balaban J connectivity index is 2.11. The fourth-order valence-corrected chi connectivity index (χ4v) is 1.94. The lowest BCUT2D eigenvalue weighted by Gasteiger charge is -2.12. The molecule has 0 heterocycles. The molecule has 0 aliphatic rings. The maximum Gasteiger partial charge on any atom is 0.161 e. The first-order chi connectivity index (χ1) is 9.61. The van der Waals surface area contributed by atoms with Gasteiger partial charge >= 0.3 is 0 Å². The van der Waals surface area contributed by atoms with Gasteiger partial charge in [-0.15, -0.1) is 0 Å². The molecule has 0 atom stereocenters. The zero-order chi connectivity index (χ0) is 14.5. The second kappa shape index (κ2) is 6.28. The molecular formula is C16H18FNO2. The van der Waals surface area contributed by atoms with Crippen LogP contribution in [0.4, 0.5) is 10.1 Å². The smallest absolute Gasteiger partial charge is 0.161 e. The second-order valence-corrected chi connectivity index (χ2v) is 4.50. The standard InChI is InChI=1S/C16H18FNO2/c1-3-20-16-9-12(7-8-15(16)19)10-18-14-6-4-5-13(17)11(14)2/h4-9,18-19H,3,10H2,1-2H3. The normalized spacial score (nSPS) is 10.3. The fourth-order valence-electron chi connectivity index (χ4n) is 1.94. The van der Waals surface area contributed by atoms with Crippen LogP contribution < -0.4 is 10.1 Å². The van der Waals surface area contributed by atoms with Crippen molar-refractivity contribution < 1.29 is 14.2 Å². The summed E-state index contributed by atoms with van der Waals surface area (Å²) in [7, 11) is 0. The molecule has 3 nitrogen and oxygen atoms in total. The van der Waals surface area contributed by atoms with Crippen molar-refractivity contribution in [3.63, 3.8) is 0 Å². The quantitative estimate of drug-likeness (QED) is 0.871. The molecule has 0 bridgehead atoms. The number of rotatable bonds is 5. The molecule has 0 aliphatic carbocycles. The Morgan fingerprint density at radius 2 is 2.05 bits per heavy atom. The summed E-state index contributed by atoms with van der Waals surface area (Å²) in [5, 5.41) is 12.8. The van der Waals surface area contributed by atoms with Crippen LogP contribution in [0.3, 0.4) is 0 Å². The van der Waals surface area contributed by atoms with E-state index >= 15 is 0 Å². The molecule has 0 radical (unpaired) electrons. The molecule has 4 heteroatoms. The van der Waals surface area contributed by atoms with Crippen LogP contribution >= 0.6 is 0 Å². The van der Waals surface area contributed by atoms with Crippen molar-refractivity contribution in [3.05, 3.63) is 53.3 Å². The second-order valence-electron chi connectivity index (χ2n) is 4.50. The zero-order valence-corrected chi connectivity index (χ0v) is 11.6. The van der Waals surface area contributed by atoms with Gasteiger partial charge in [0.2, 0.25) is 0 Å². The van der Waals surface area contributed by atoms with Gasteiger partial charge in [0.1, 0.15) is 5.82 Å². The van der Waals surface area contributed by atoms with Gasteiger partial charge in [-0.05, 0) is 43.7 Å². The van der Waals surface area contributed by atoms with Crippen LogP contribution in [0.5, 0.6) is 11.5 Å². The molecule has 20 heavy (non-hydrogen) atoms. The highest BCUT2D eigenvalue weighted by Crippen LogP contribution is 2.27. The fraction of sp³-hybridized carbons (Fsp3) is 0.250. The summed E-state index contributed by atoms with van der Waals surface area (Å²) in [4.78, 5) is 0. The molecule has 0 amide bonds. The Hall–Kier alpha value is -2.23. The van der Waals surface area contributed by atoms with Crippen molar-refractivity contribution in [2.24, 2.45) is 0 Å². The average molecular weight is 275 g/mol. The first-order valence-corrected chi connectivity index (χ1v) is 6.55. The van der Waals surface area contributed by atoms with Gasteiger partial charge in [-0.25, -0.2) is 4.39 Å². The largest absolute Gasteiger partial charge is 0.504 e. The Bertz CT molecular complexity index is 599. The molecule has 0 unspecified atom stereocenters. The number of nitrogens with one attached hydrogen (secondary N) is 1. The third-order valence-electron chi connectivity index (χ3n) is 3.07. The maximum absolute atomic E-state index is 13.4. The van der Waals surface area contributed by atoms with E-state index < -0.39 is 0 Å². The van der Waals surface area contributed by atoms with Crippen molar-refractivity contribution in [2.75, 3.05) is 11.9 Å². The van der Waals surface area contributed by atoms with E-state index in [1.54, 1.807) is 31.2 Å². The van der Waals surface area contributed by atoms with Crippen LogP contribution in [0.2, 0.25) is 0 Å². The van der Waals surface area contributed by atoms with Crippen molar-refractivity contribution in [3.8, 4) is 11.5 Å². The third-order valence-corrected chi connectivity index (χ3v) is 3.07. The van der Waals surface area contributed by atoms with E-state index in [4.69, 9.17) is 4.74 Å². The Labute approximate surface area is 118 Å². The molecule has 2 aromatic rings. The van der Waals surface area contributed by atoms with E-state index in [-0.39, 0.29) is 11.6 Å². The number of benzene rings is 2. The summed E-state index contributed by atoms with van der Waals surface area (Å²) in [5.74, 6) is 0.357. The highest BCUT2D eigenvalue weighted by molar-refractivity contribution is 5.52. The minimum Gasteiger partial charge on any atom is -0.504 e. The number of phenols is 1. The molecule has 0 saturated carbocycles. The Morgan fingerprint density at radius 3 is 2.80 bits per heavy atom. The molecule has 0 aromatic heterocycles. The number of anilines is 1. The number of hydrogen-bond donors (Lipinski definition) is 2. The molecular weight excluding hydrogens is 257 g/mol. The molecule has 2 N–H and O–H groups in total. The van der Waals surface area contributed by atoms with Crippen LogP contribution in [0.25, 0.3) is 0 Å². The van der Waals surface area contributed by atoms with E-state index in [2.05, 4.69) is 5.32 Å². The van der Waals surface area contributed by atoms with Gasteiger partial charge in [-0.3, -0.25) is 0 Å². The minimum absolute atomic E-state index is 0.123. The lowest BCUT2D eigenvalue weighted by molar-refractivity contribution is 0.318. The lowest BCUT2D eigenvalue weighted by atomic mass is 10.1. The summed E-state index contributed by atoms with van der Waals surface area (Å²) in [6.45, 7) is 4.62. The zero-order valence-electron chi connectivity index (χ0n) is 11.6. The van der Waals surface area contributed by atoms with E-state index in [1.807, 2.05) is 13.0 Å². The highest BCUT2D eigenvalue weighted by atomic mass is 19.1. The number of halogens is 1. The SMILES string of the molecule is CCOc1cc(CNc2cccc(F)c2C)ccc1O. The van der Waals surface area contributed by atoms with Crippen molar-refractivity contribution in [2.45, 2.75) is 20.4 Å². The predicted octanol–water partition coefficient (Wildman–Crippen LogP) is 3.85.